The molecule has 0 saturated carbocycles. The molecule has 2 rings (SSSR count). The third kappa shape index (κ3) is 4.15. The Morgan fingerprint density at radius 1 is 1.38 bits per heavy atom. The van der Waals surface area contributed by atoms with E-state index < -0.39 is 11.7 Å². The van der Waals surface area contributed by atoms with Crippen molar-refractivity contribution in [2.45, 2.75) is 12.6 Å². The highest BCUT2D eigenvalue weighted by atomic mass is 32.1. The standard InChI is InChI=1S/C13H12F3N3S2/c14-13(15,16)8-1-2-10(9(7-8)12(17)20)18-4-3-11-19-5-6-21-11/h1-2,5-7,18H,3-4H2,(H2,17,20). The summed E-state index contributed by atoms with van der Waals surface area (Å²) in [7, 11) is 0. The largest absolute Gasteiger partial charge is 0.416 e. The molecule has 3 N–H and O–H groups in total. The lowest BCUT2D eigenvalue weighted by molar-refractivity contribution is -0.137. The van der Waals surface area contributed by atoms with Crippen LogP contribution in [-0.2, 0) is 12.6 Å². The Bertz CT molecular complexity index is 624. The molecule has 0 radical (unpaired) electrons. The van der Waals surface area contributed by atoms with Crippen LogP contribution in [0.4, 0.5) is 18.9 Å². The van der Waals surface area contributed by atoms with E-state index in [9.17, 15) is 13.2 Å². The van der Waals surface area contributed by atoms with Gasteiger partial charge in [-0.25, -0.2) is 4.98 Å². The van der Waals surface area contributed by atoms with Gasteiger partial charge >= 0.3 is 6.18 Å². The normalized spacial score (nSPS) is 11.4. The SMILES string of the molecule is NC(=S)c1cc(C(F)(F)F)ccc1NCCc1nccs1. The second kappa shape index (κ2) is 6.40. The maximum absolute atomic E-state index is 12.7. The second-order valence-corrected chi connectivity index (χ2v) is 5.64. The van der Waals surface area contributed by atoms with Gasteiger partial charge in [0, 0.05) is 35.8 Å². The van der Waals surface area contributed by atoms with Gasteiger partial charge in [-0.15, -0.1) is 11.3 Å². The first-order valence-corrected chi connectivity index (χ1v) is 7.30. The van der Waals surface area contributed by atoms with Crippen molar-refractivity contribution in [1.82, 2.24) is 4.98 Å². The number of anilines is 1. The summed E-state index contributed by atoms with van der Waals surface area (Å²) in [6, 6.07) is 3.32. The van der Waals surface area contributed by atoms with Crippen LogP contribution in [-0.4, -0.2) is 16.5 Å². The van der Waals surface area contributed by atoms with Crippen LogP contribution >= 0.6 is 23.6 Å². The fourth-order valence-corrected chi connectivity index (χ4v) is 2.55. The Balaban J connectivity index is 2.13. The number of thiocarbonyl (C=S) groups is 1. The second-order valence-electron chi connectivity index (χ2n) is 4.22. The highest BCUT2D eigenvalue weighted by Crippen LogP contribution is 2.31. The van der Waals surface area contributed by atoms with Crippen molar-refractivity contribution >= 4 is 34.2 Å². The third-order valence-electron chi connectivity index (χ3n) is 2.75. The quantitative estimate of drug-likeness (QED) is 0.824. The molecule has 0 spiro atoms. The molecule has 8 heteroatoms. The molecule has 0 aliphatic heterocycles. The van der Waals surface area contributed by atoms with E-state index in [0.717, 1.165) is 17.1 Å². The van der Waals surface area contributed by atoms with Crippen molar-refractivity contribution in [3.8, 4) is 0 Å². The van der Waals surface area contributed by atoms with Gasteiger partial charge in [-0.3, -0.25) is 0 Å². The van der Waals surface area contributed by atoms with Gasteiger partial charge in [-0.1, -0.05) is 12.2 Å². The minimum atomic E-state index is -4.42. The van der Waals surface area contributed by atoms with E-state index in [2.05, 4.69) is 10.3 Å². The monoisotopic (exact) mass is 331 g/mol. The molecule has 0 amide bonds. The molecule has 1 heterocycles. The zero-order valence-corrected chi connectivity index (χ0v) is 12.4. The smallest absolute Gasteiger partial charge is 0.389 e. The van der Waals surface area contributed by atoms with Gasteiger partial charge in [0.05, 0.1) is 10.6 Å². The van der Waals surface area contributed by atoms with Crippen molar-refractivity contribution in [2.24, 2.45) is 5.73 Å². The molecule has 0 saturated heterocycles. The number of halogens is 3. The average Bonchev–Trinajstić information content (AvgIpc) is 2.90. The van der Waals surface area contributed by atoms with E-state index in [0.29, 0.717) is 18.7 Å². The van der Waals surface area contributed by atoms with Crippen molar-refractivity contribution in [3.63, 3.8) is 0 Å². The first-order valence-electron chi connectivity index (χ1n) is 6.01. The predicted octanol–water partition coefficient (Wildman–Crippen LogP) is 3.45. The van der Waals surface area contributed by atoms with Crippen LogP contribution in [0.3, 0.4) is 0 Å². The van der Waals surface area contributed by atoms with E-state index in [1.807, 2.05) is 5.38 Å². The number of thiazole rings is 1. The molecule has 21 heavy (non-hydrogen) atoms. The molecule has 1 aromatic carbocycles. The summed E-state index contributed by atoms with van der Waals surface area (Å²) in [5.41, 5.74) is 5.43. The first-order chi connectivity index (χ1) is 9.88. The molecule has 1 aromatic heterocycles. The summed E-state index contributed by atoms with van der Waals surface area (Å²) in [4.78, 5) is 4.06. The van der Waals surface area contributed by atoms with Crippen LogP contribution in [0.1, 0.15) is 16.1 Å². The van der Waals surface area contributed by atoms with Gasteiger partial charge in [0.1, 0.15) is 4.99 Å². The zero-order chi connectivity index (χ0) is 15.5. The van der Waals surface area contributed by atoms with Crippen LogP contribution in [0.15, 0.2) is 29.8 Å². The summed E-state index contributed by atoms with van der Waals surface area (Å²) in [5.74, 6) is 0. The van der Waals surface area contributed by atoms with Crippen LogP contribution in [0.25, 0.3) is 0 Å². The number of rotatable bonds is 5. The van der Waals surface area contributed by atoms with Gasteiger partial charge in [0.2, 0.25) is 0 Å². The lowest BCUT2D eigenvalue weighted by atomic mass is 10.1. The summed E-state index contributed by atoms with van der Waals surface area (Å²) in [6.07, 6.45) is -2.03. The van der Waals surface area contributed by atoms with E-state index in [-0.39, 0.29) is 10.6 Å². The topological polar surface area (TPSA) is 50.9 Å². The molecule has 3 nitrogen and oxygen atoms in total. The number of nitrogens with two attached hydrogens (primary N) is 1. The van der Waals surface area contributed by atoms with Crippen molar-refractivity contribution in [2.75, 3.05) is 11.9 Å². The van der Waals surface area contributed by atoms with E-state index in [1.54, 1.807) is 6.20 Å². The molecule has 0 bridgehead atoms. The third-order valence-corrected chi connectivity index (χ3v) is 3.81. The van der Waals surface area contributed by atoms with Crippen LogP contribution < -0.4 is 11.1 Å². The number of alkyl halides is 3. The molecular weight excluding hydrogens is 319 g/mol. The Morgan fingerprint density at radius 3 is 2.71 bits per heavy atom. The Morgan fingerprint density at radius 2 is 2.14 bits per heavy atom. The van der Waals surface area contributed by atoms with Gasteiger partial charge in [0.15, 0.2) is 0 Å². The lowest BCUT2D eigenvalue weighted by Crippen LogP contribution is -2.16. The van der Waals surface area contributed by atoms with Crippen LogP contribution in [0.2, 0.25) is 0 Å². The van der Waals surface area contributed by atoms with E-state index >= 15 is 0 Å². The van der Waals surface area contributed by atoms with Gasteiger partial charge in [-0.05, 0) is 18.2 Å². The maximum Gasteiger partial charge on any atom is 0.416 e. The minimum Gasteiger partial charge on any atom is -0.389 e. The maximum atomic E-state index is 12.7. The van der Waals surface area contributed by atoms with Crippen molar-refractivity contribution < 1.29 is 13.2 Å². The number of nitrogens with one attached hydrogen (secondary N) is 1. The molecule has 0 aliphatic carbocycles. The fourth-order valence-electron chi connectivity index (χ4n) is 1.76. The highest BCUT2D eigenvalue weighted by Gasteiger charge is 2.31. The molecule has 0 aliphatic rings. The fraction of sp³-hybridized carbons (Fsp3) is 0.231. The Labute approximate surface area is 129 Å². The number of hydrogen-bond acceptors (Lipinski definition) is 4. The highest BCUT2D eigenvalue weighted by molar-refractivity contribution is 7.80. The molecular formula is C13H12F3N3S2. The Kier molecular flexibility index (Phi) is 4.79. The number of hydrogen-bond donors (Lipinski definition) is 2. The number of benzene rings is 1. The van der Waals surface area contributed by atoms with Crippen LogP contribution in [0.5, 0.6) is 0 Å². The first kappa shape index (κ1) is 15.7. The lowest BCUT2D eigenvalue weighted by Gasteiger charge is -2.14. The van der Waals surface area contributed by atoms with Crippen LogP contribution in [0, 0.1) is 0 Å². The molecule has 0 fully saturated rings. The summed E-state index contributed by atoms with van der Waals surface area (Å²) < 4.78 is 38.1. The molecule has 0 atom stereocenters. The number of aromatic nitrogens is 1. The molecule has 112 valence electrons. The molecule has 2 aromatic rings. The molecule has 0 unspecified atom stereocenters. The number of nitrogens with zero attached hydrogens (tertiary/aromatic N) is 1. The van der Waals surface area contributed by atoms with Gasteiger partial charge < -0.3 is 11.1 Å². The summed E-state index contributed by atoms with van der Waals surface area (Å²) in [6.45, 7) is 0.536. The van der Waals surface area contributed by atoms with E-state index in [1.165, 1.54) is 17.4 Å². The Hall–Kier alpha value is -1.67. The summed E-state index contributed by atoms with van der Waals surface area (Å²) >= 11 is 6.35. The average molecular weight is 331 g/mol. The van der Waals surface area contributed by atoms with E-state index in [4.69, 9.17) is 18.0 Å². The predicted molar refractivity (Wildman–Crippen MR) is 81.6 cm³/mol. The van der Waals surface area contributed by atoms with Gasteiger partial charge in [-0.2, -0.15) is 13.2 Å². The summed E-state index contributed by atoms with van der Waals surface area (Å²) in [5, 5.41) is 5.86. The zero-order valence-electron chi connectivity index (χ0n) is 10.8. The van der Waals surface area contributed by atoms with Crippen molar-refractivity contribution in [1.29, 1.82) is 0 Å². The van der Waals surface area contributed by atoms with Gasteiger partial charge in [0.25, 0.3) is 0 Å². The van der Waals surface area contributed by atoms with Crippen molar-refractivity contribution in [3.05, 3.63) is 45.9 Å². The minimum absolute atomic E-state index is 0.0714.